The van der Waals surface area contributed by atoms with E-state index in [-0.39, 0.29) is 7.43 Å². The molecule has 0 heteroatoms. The Kier molecular flexibility index (Phi) is 3.11. The Balaban J connectivity index is 0.000000152. The summed E-state index contributed by atoms with van der Waals surface area (Å²) in [5.74, 6) is 2.42. The van der Waals surface area contributed by atoms with Gasteiger partial charge in [0.05, 0.1) is 0 Å². The van der Waals surface area contributed by atoms with Crippen molar-refractivity contribution in [2.75, 3.05) is 0 Å². The van der Waals surface area contributed by atoms with Crippen LogP contribution in [0.2, 0.25) is 0 Å². The van der Waals surface area contributed by atoms with Crippen LogP contribution in [0.15, 0.2) is 0 Å². The molecule has 0 amide bonds. The second kappa shape index (κ2) is 3.11. The predicted molar refractivity (Wildman–Crippen MR) is 38.9 cm³/mol. The molecule has 8 heavy (non-hydrogen) atoms. The Labute approximate surface area is 53.3 Å². The molecule has 0 radical (unpaired) electrons. The second-order valence-corrected chi connectivity index (χ2v) is 2.44. The second-order valence-electron chi connectivity index (χ2n) is 2.44. The van der Waals surface area contributed by atoms with Crippen LogP contribution in [0.1, 0.15) is 40.5 Å². The fourth-order valence-electron chi connectivity index (χ4n) is 1.21. The Morgan fingerprint density at radius 1 is 0.875 bits per heavy atom. The van der Waals surface area contributed by atoms with Crippen molar-refractivity contribution in [1.82, 2.24) is 0 Å². The van der Waals surface area contributed by atoms with Crippen molar-refractivity contribution in [1.29, 1.82) is 0 Å². The molecule has 0 aromatic heterocycles. The van der Waals surface area contributed by atoms with E-state index in [9.17, 15) is 0 Å². The SMILES string of the molecule is C.C1C2CC1C2.CC. The summed E-state index contributed by atoms with van der Waals surface area (Å²) in [6.45, 7) is 4.00. The van der Waals surface area contributed by atoms with Gasteiger partial charge in [0.15, 0.2) is 0 Å². The van der Waals surface area contributed by atoms with Gasteiger partial charge in [-0.25, -0.2) is 0 Å². The van der Waals surface area contributed by atoms with Crippen molar-refractivity contribution in [2.24, 2.45) is 11.8 Å². The van der Waals surface area contributed by atoms with Crippen LogP contribution in [0, 0.1) is 11.8 Å². The molecule has 3 aliphatic rings. The highest BCUT2D eigenvalue weighted by Gasteiger charge is 2.41. The maximum atomic E-state index is 2.00. The summed E-state index contributed by atoms with van der Waals surface area (Å²) in [7, 11) is 0. The highest BCUT2D eigenvalue weighted by molar-refractivity contribution is 4.92. The van der Waals surface area contributed by atoms with Crippen molar-refractivity contribution < 1.29 is 0 Å². The molecule has 0 aromatic rings. The van der Waals surface area contributed by atoms with Crippen molar-refractivity contribution in [3.05, 3.63) is 0 Å². The van der Waals surface area contributed by atoms with E-state index in [1.807, 2.05) is 13.8 Å². The molecule has 0 aliphatic heterocycles. The van der Waals surface area contributed by atoms with E-state index in [1.165, 1.54) is 11.8 Å². The minimum Gasteiger partial charge on any atom is -0.0776 e. The fourth-order valence-corrected chi connectivity index (χ4v) is 1.21. The number of hydrogen-bond acceptors (Lipinski definition) is 0. The van der Waals surface area contributed by atoms with Crippen molar-refractivity contribution in [2.45, 2.75) is 40.5 Å². The zero-order valence-electron chi connectivity index (χ0n) is 5.28. The number of rotatable bonds is 0. The largest absolute Gasteiger partial charge is 0.0776 e. The molecule has 50 valence electrons. The molecule has 0 spiro atoms. The van der Waals surface area contributed by atoms with Gasteiger partial charge in [0.25, 0.3) is 0 Å². The summed E-state index contributed by atoms with van der Waals surface area (Å²) in [4.78, 5) is 0. The van der Waals surface area contributed by atoms with Crippen LogP contribution in [0.5, 0.6) is 0 Å². The van der Waals surface area contributed by atoms with Crippen LogP contribution >= 0.6 is 0 Å². The summed E-state index contributed by atoms with van der Waals surface area (Å²) in [5, 5.41) is 0. The molecular weight excluding hydrogens is 96.1 g/mol. The summed E-state index contributed by atoms with van der Waals surface area (Å²) in [6.07, 6.45) is 4.75. The van der Waals surface area contributed by atoms with Gasteiger partial charge in [-0.15, -0.1) is 0 Å². The first-order valence-electron chi connectivity index (χ1n) is 3.45. The number of hydrogen-bond donors (Lipinski definition) is 0. The predicted octanol–water partition coefficient (Wildman–Crippen LogP) is 3.08. The van der Waals surface area contributed by atoms with Gasteiger partial charge in [0, 0.05) is 0 Å². The van der Waals surface area contributed by atoms with Crippen molar-refractivity contribution >= 4 is 0 Å². The average molecular weight is 114 g/mol. The quantitative estimate of drug-likeness (QED) is 0.454. The molecule has 0 unspecified atom stereocenters. The molecule has 3 saturated carbocycles. The highest BCUT2D eigenvalue weighted by Crippen LogP contribution is 2.52. The molecule has 0 heterocycles. The smallest absolute Gasteiger partial charge is 0.0406 e. The van der Waals surface area contributed by atoms with E-state index >= 15 is 0 Å². The summed E-state index contributed by atoms with van der Waals surface area (Å²) in [6, 6.07) is 0. The molecule has 3 aliphatic carbocycles. The van der Waals surface area contributed by atoms with E-state index in [0.717, 1.165) is 0 Å². The van der Waals surface area contributed by atoms with Gasteiger partial charge in [-0.1, -0.05) is 21.3 Å². The monoisotopic (exact) mass is 114 g/mol. The highest BCUT2D eigenvalue weighted by atomic mass is 14.5. The molecule has 3 rings (SSSR count). The fraction of sp³-hybridized carbons (Fsp3) is 1.00. The lowest BCUT2D eigenvalue weighted by atomic mass is 9.56. The minimum absolute atomic E-state index is 0. The lowest BCUT2D eigenvalue weighted by Gasteiger charge is -2.49. The van der Waals surface area contributed by atoms with E-state index in [0.29, 0.717) is 0 Å². The maximum absolute atomic E-state index is 2.00. The first kappa shape index (κ1) is 8.00. The lowest BCUT2D eigenvalue weighted by Crippen LogP contribution is -2.38. The van der Waals surface area contributed by atoms with Crippen LogP contribution in [0.4, 0.5) is 0 Å². The van der Waals surface area contributed by atoms with Crippen molar-refractivity contribution in [3.63, 3.8) is 0 Å². The molecule has 0 aromatic carbocycles. The van der Waals surface area contributed by atoms with Gasteiger partial charge in [0.1, 0.15) is 0 Å². The van der Waals surface area contributed by atoms with Gasteiger partial charge in [-0.05, 0) is 31.1 Å². The first-order chi connectivity index (χ1) is 3.45. The van der Waals surface area contributed by atoms with E-state index in [4.69, 9.17) is 0 Å². The summed E-state index contributed by atoms with van der Waals surface area (Å²) < 4.78 is 0. The van der Waals surface area contributed by atoms with Crippen LogP contribution in [-0.2, 0) is 0 Å². The molecule has 0 nitrogen and oxygen atoms in total. The van der Waals surface area contributed by atoms with Crippen molar-refractivity contribution in [3.8, 4) is 0 Å². The molecular formula is C8H18. The maximum Gasteiger partial charge on any atom is -0.0406 e. The van der Waals surface area contributed by atoms with Gasteiger partial charge in [-0.2, -0.15) is 0 Å². The Morgan fingerprint density at radius 2 is 1.00 bits per heavy atom. The third kappa shape index (κ3) is 1.04. The third-order valence-corrected chi connectivity index (χ3v) is 2.00. The van der Waals surface area contributed by atoms with Gasteiger partial charge < -0.3 is 0 Å². The summed E-state index contributed by atoms with van der Waals surface area (Å²) in [5.41, 5.74) is 0. The van der Waals surface area contributed by atoms with Gasteiger partial charge >= 0.3 is 0 Å². The molecule has 0 saturated heterocycles. The Bertz CT molecular complexity index is 36.8. The zero-order chi connectivity index (χ0) is 5.28. The molecule has 0 atom stereocenters. The van der Waals surface area contributed by atoms with E-state index < -0.39 is 0 Å². The van der Waals surface area contributed by atoms with E-state index in [2.05, 4.69) is 0 Å². The standard InChI is InChI=1S/C5H8.C2H6.CH4/c1-4-2-5(1)3-4;1-2;/h4-5H,1-3H2;1-2H3;1H4. The van der Waals surface area contributed by atoms with Crippen LogP contribution in [0.3, 0.4) is 0 Å². The molecule has 2 bridgehead atoms. The zero-order valence-corrected chi connectivity index (χ0v) is 5.28. The Hall–Kier alpha value is 0. The minimum atomic E-state index is 0. The lowest BCUT2D eigenvalue weighted by molar-refractivity contribution is 0.0198. The molecule has 0 N–H and O–H groups in total. The average Bonchev–Trinajstić information content (AvgIpc) is 1.30. The van der Waals surface area contributed by atoms with Crippen LogP contribution in [0.25, 0.3) is 0 Å². The van der Waals surface area contributed by atoms with Crippen LogP contribution < -0.4 is 0 Å². The normalized spacial score (nSPS) is 36.8. The van der Waals surface area contributed by atoms with Gasteiger partial charge in [-0.3, -0.25) is 0 Å². The van der Waals surface area contributed by atoms with Crippen LogP contribution in [-0.4, -0.2) is 0 Å². The van der Waals surface area contributed by atoms with E-state index in [1.54, 1.807) is 19.3 Å². The topological polar surface area (TPSA) is 0 Å². The first-order valence-corrected chi connectivity index (χ1v) is 3.45. The summed E-state index contributed by atoms with van der Waals surface area (Å²) >= 11 is 0. The third-order valence-electron chi connectivity index (χ3n) is 2.00. The molecule has 3 fully saturated rings. The van der Waals surface area contributed by atoms with Gasteiger partial charge in [0.2, 0.25) is 0 Å². The Morgan fingerprint density at radius 3 is 1.00 bits per heavy atom.